The maximum atomic E-state index is 10.6. The number of aliphatic hydroxyl groups excluding tert-OH is 2. The number of hydrogen-bond acceptors (Lipinski definition) is 18. The zero-order valence-electron chi connectivity index (χ0n) is 35.4. The van der Waals surface area contributed by atoms with Crippen molar-refractivity contribution in [3.05, 3.63) is 34.4 Å². The minimum Gasteiger partial charge on any atom is -0.545 e. The van der Waals surface area contributed by atoms with Gasteiger partial charge in [-0.25, -0.2) is 0 Å². The molecular weight excluding hydrogens is 870 g/mol. The zero-order chi connectivity index (χ0) is 41.7. The van der Waals surface area contributed by atoms with E-state index in [0.29, 0.717) is 64.5 Å². The first-order valence-electron chi connectivity index (χ1n) is 15.3. The molecule has 0 fully saturated rings. The number of hydrogen-bond donors (Lipinski definition) is 10. The van der Waals surface area contributed by atoms with Gasteiger partial charge in [-0.3, -0.25) is 0 Å². The maximum absolute atomic E-state index is 10.6. The summed E-state index contributed by atoms with van der Waals surface area (Å²) in [5.74, 6) is -7.99. The zero-order valence-corrected chi connectivity index (χ0v) is 37.4. The van der Waals surface area contributed by atoms with Gasteiger partial charge in [0, 0.05) is 36.5 Å². The Bertz CT molecular complexity index is 922. The first-order chi connectivity index (χ1) is 22.7. The van der Waals surface area contributed by atoms with Crippen molar-refractivity contribution < 1.29 is 116 Å². The van der Waals surface area contributed by atoms with Crippen LogP contribution in [0.4, 0.5) is 0 Å². The van der Waals surface area contributed by atoms with Crippen molar-refractivity contribution in [3.8, 4) is 0 Å². The molecule has 0 bridgehead atoms. The topological polar surface area (TPSA) is 601 Å². The summed E-state index contributed by atoms with van der Waals surface area (Å²) in [7, 11) is 2.00. The molecule has 0 unspecified atom stereocenters. The molecule has 32 N–H and O–H groups in total. The monoisotopic (exact) mass is 948 g/mol. The molecule has 0 atom stereocenters. The van der Waals surface area contributed by atoms with Crippen molar-refractivity contribution in [1.29, 1.82) is 0 Å². The van der Waals surface area contributed by atoms with Crippen molar-refractivity contribution in [2.45, 2.75) is 55.4 Å². The Morgan fingerprint density at radius 3 is 0.517 bits per heavy atom. The predicted octanol–water partition coefficient (Wildman–Crippen LogP) is -11.1. The molecule has 0 saturated carbocycles. The van der Waals surface area contributed by atoms with Crippen LogP contribution in [0.25, 0.3) is 0 Å². The Kier molecular flexibility index (Phi) is 83.5. The molecule has 362 valence electrons. The van der Waals surface area contributed by atoms with Gasteiger partial charge < -0.3 is 129 Å². The van der Waals surface area contributed by atoms with E-state index in [1.807, 2.05) is 55.4 Å². The fourth-order valence-corrected chi connectivity index (χ4v) is 1.61. The van der Waals surface area contributed by atoms with E-state index in [-0.39, 0.29) is 87.5 Å². The van der Waals surface area contributed by atoms with Crippen LogP contribution < -0.4 is 66.3 Å². The predicted molar refractivity (Wildman–Crippen MR) is 212 cm³/mol. The molecule has 0 spiro atoms. The summed E-state index contributed by atoms with van der Waals surface area (Å²) in [4.78, 5) is 42.4. The van der Waals surface area contributed by atoms with Crippen LogP contribution in [0.15, 0.2) is 12.1 Å². The van der Waals surface area contributed by atoms with Crippen LogP contribution in [0, 0.1) is 21.7 Å². The number of nitrogens with two attached hydrogens (primary N) is 8. The summed E-state index contributed by atoms with van der Waals surface area (Å²) in [5, 5.41) is 56.4. The van der Waals surface area contributed by atoms with Gasteiger partial charge in [-0.15, -0.1) is 0 Å². The average molecular weight is 950 g/mol. The SMILES string of the molecule is CC(C)(CN)CN.CC(C)(CN)CN.CC(C)(CN)CN.CC(C)(CN)CN.CO.CO.O.O.O.O.O=C([O-])c1cc(C(=O)[O-])c(C(=O)[O-])cc1C(=O)[O-].[Ni+2].[Ni+2].[OH3+].[OH3+]. The average Bonchev–Trinajstić information content (AvgIpc) is 3.10. The molecule has 0 aromatic heterocycles. The summed E-state index contributed by atoms with van der Waals surface area (Å²) < 4.78 is 0. The number of carboxylic acid groups (broad SMARTS) is 4. The summed E-state index contributed by atoms with van der Waals surface area (Å²) in [5.41, 5.74) is 39.1. The van der Waals surface area contributed by atoms with E-state index in [0.717, 1.165) is 14.2 Å². The van der Waals surface area contributed by atoms with E-state index in [1.165, 1.54) is 0 Å². The molecule has 0 aliphatic carbocycles. The van der Waals surface area contributed by atoms with Crippen LogP contribution in [-0.4, -0.2) is 123 Å². The van der Waals surface area contributed by atoms with E-state index in [9.17, 15) is 39.6 Å². The summed E-state index contributed by atoms with van der Waals surface area (Å²) in [6.07, 6.45) is 0. The Morgan fingerprint density at radius 2 is 0.483 bits per heavy atom. The van der Waals surface area contributed by atoms with Crippen LogP contribution in [-0.2, 0) is 43.9 Å². The number of aromatic carboxylic acids is 4. The first-order valence-corrected chi connectivity index (χ1v) is 15.3. The molecule has 0 aliphatic rings. The van der Waals surface area contributed by atoms with Crippen LogP contribution >= 0.6 is 0 Å². The molecule has 58 heavy (non-hydrogen) atoms. The van der Waals surface area contributed by atoms with E-state index in [1.54, 1.807) is 0 Å². The number of benzene rings is 1. The van der Waals surface area contributed by atoms with E-state index in [2.05, 4.69) is 0 Å². The van der Waals surface area contributed by atoms with Gasteiger partial charge in [0.15, 0.2) is 0 Å². The van der Waals surface area contributed by atoms with Gasteiger partial charge in [0.05, 0.1) is 23.9 Å². The number of aliphatic hydroxyl groups is 2. The van der Waals surface area contributed by atoms with Gasteiger partial charge in [0.1, 0.15) is 0 Å². The van der Waals surface area contributed by atoms with Crippen molar-refractivity contribution in [2.75, 3.05) is 66.6 Å². The fourth-order valence-electron chi connectivity index (χ4n) is 1.61. The molecule has 0 saturated heterocycles. The Hall–Kier alpha value is -2.55. The molecule has 26 heteroatoms. The molecule has 24 nitrogen and oxygen atoms in total. The third kappa shape index (κ3) is 51.5. The summed E-state index contributed by atoms with van der Waals surface area (Å²) in [6.45, 7) is 21.8. The van der Waals surface area contributed by atoms with Gasteiger partial charge in [-0.2, -0.15) is 0 Å². The van der Waals surface area contributed by atoms with Gasteiger partial charge in [-0.05, 0) is 86.2 Å². The molecular formula is C32H80N8Ni2O16+2. The van der Waals surface area contributed by atoms with Crippen LogP contribution in [0.2, 0.25) is 0 Å². The van der Waals surface area contributed by atoms with Gasteiger partial charge >= 0.3 is 33.0 Å². The van der Waals surface area contributed by atoms with E-state index >= 15 is 0 Å². The minimum atomic E-state index is -2.00. The largest absolute Gasteiger partial charge is 2.00 e. The molecule has 1 rings (SSSR count). The smallest absolute Gasteiger partial charge is 0.545 e. The Balaban J connectivity index is -0.0000000351. The van der Waals surface area contributed by atoms with Gasteiger partial charge in [-0.1, -0.05) is 55.4 Å². The Morgan fingerprint density at radius 1 is 0.397 bits per heavy atom. The van der Waals surface area contributed by atoms with Gasteiger partial charge in [0.25, 0.3) is 0 Å². The molecule has 0 heterocycles. The number of carbonyl (C=O) groups excluding carboxylic acids is 4. The molecule has 0 amide bonds. The molecule has 1 aromatic carbocycles. The minimum absolute atomic E-state index is 0. The second-order valence-corrected chi connectivity index (χ2v) is 13.4. The second kappa shape index (κ2) is 50.6. The van der Waals surface area contributed by atoms with E-state index in [4.69, 9.17) is 56.1 Å². The van der Waals surface area contributed by atoms with Crippen LogP contribution in [0.5, 0.6) is 0 Å². The van der Waals surface area contributed by atoms with Gasteiger partial charge in [0.2, 0.25) is 0 Å². The standard InChI is InChI=1S/C10H6O8.4C5H14N2.2CH4O.2Ni.6H2O/c11-7(12)3-1-4(8(13)14)6(10(17)18)2-5(3)9(15)16;4*1-5(2,3-6)4-7;2*1-2;;;;;;;;/h1-2H,(H,11,12)(H,13,14)(H,15,16)(H,17,18);4*3-4,6-7H2,1-2H3;2*2H,1H3;;;6*1H2/q;;;;;;;2*+2;;;;;;/p-2. The third-order valence-corrected chi connectivity index (χ3v) is 6.46. The number of rotatable bonds is 12. The second-order valence-electron chi connectivity index (χ2n) is 13.4. The Labute approximate surface area is 362 Å². The van der Waals surface area contributed by atoms with Crippen molar-refractivity contribution in [2.24, 2.45) is 67.5 Å². The van der Waals surface area contributed by atoms with Crippen LogP contribution in [0.1, 0.15) is 96.8 Å². The van der Waals surface area contributed by atoms with E-state index < -0.39 is 46.1 Å². The quantitative estimate of drug-likeness (QED) is 0.0687. The first kappa shape index (κ1) is 95.7. The normalized spacial score (nSPS) is 9.03. The summed E-state index contributed by atoms with van der Waals surface area (Å²) >= 11 is 0. The fraction of sp³-hybridized carbons (Fsp3) is 0.688. The number of carboxylic acids is 4. The van der Waals surface area contributed by atoms with Crippen molar-refractivity contribution in [1.82, 2.24) is 0 Å². The van der Waals surface area contributed by atoms with Crippen LogP contribution in [0.3, 0.4) is 0 Å². The maximum Gasteiger partial charge on any atom is 2.00 e. The molecule has 0 radical (unpaired) electrons. The summed E-state index contributed by atoms with van der Waals surface area (Å²) in [6, 6.07) is 0.613. The molecule has 0 aliphatic heterocycles. The third-order valence-electron chi connectivity index (χ3n) is 6.46. The van der Waals surface area contributed by atoms with Crippen molar-refractivity contribution in [3.63, 3.8) is 0 Å². The number of carbonyl (C=O) groups is 4. The van der Waals surface area contributed by atoms with Crippen molar-refractivity contribution >= 4 is 23.9 Å². The molecule has 1 aromatic rings.